The summed E-state index contributed by atoms with van der Waals surface area (Å²) in [6.45, 7) is 0. The Kier molecular flexibility index (Phi) is 3.34. The van der Waals surface area contributed by atoms with Crippen molar-refractivity contribution < 1.29 is 4.57 Å². The molecule has 0 N–H and O–H groups in total. The number of rotatable bonds is 2. The van der Waals surface area contributed by atoms with E-state index in [1.54, 1.807) is 11.3 Å². The van der Waals surface area contributed by atoms with Gasteiger partial charge in [0.05, 0.1) is 0 Å². The average Bonchev–Trinajstić information content (AvgIpc) is 2.63. The number of thiophene rings is 1. The molecule has 0 aliphatic rings. The molecule has 0 saturated carbocycles. The van der Waals surface area contributed by atoms with Gasteiger partial charge in [-0.2, -0.15) is 0 Å². The van der Waals surface area contributed by atoms with Crippen LogP contribution < -0.4 is 4.57 Å². The van der Waals surface area contributed by atoms with Crippen LogP contribution in [0.1, 0.15) is 10.6 Å². The monoisotopic (exact) mass is 280 g/mol. The molecule has 0 saturated heterocycles. The summed E-state index contributed by atoms with van der Waals surface area (Å²) in [4.78, 5) is 1.26. The zero-order valence-electron chi connectivity index (χ0n) is 8.35. The van der Waals surface area contributed by atoms with Gasteiger partial charge in [0.2, 0.25) is 5.69 Å². The standard InChI is InChI=1S/C12H11BrNS/c1-14-7-3-2-4-11(14)5-6-12-8-10(13)9-15-12/h2-9H,1H3/q+1/b6-5+. The Hall–Kier alpha value is -0.930. The molecule has 76 valence electrons. The third-order valence-electron chi connectivity index (χ3n) is 2.10. The van der Waals surface area contributed by atoms with Gasteiger partial charge in [-0.15, -0.1) is 11.3 Å². The third kappa shape index (κ3) is 2.76. The van der Waals surface area contributed by atoms with Crippen LogP contribution in [-0.2, 0) is 7.05 Å². The lowest BCUT2D eigenvalue weighted by Gasteiger charge is -1.91. The van der Waals surface area contributed by atoms with Crippen molar-refractivity contribution in [1.29, 1.82) is 0 Å². The van der Waals surface area contributed by atoms with Crippen molar-refractivity contribution in [2.45, 2.75) is 0 Å². The number of hydrogen-bond donors (Lipinski definition) is 0. The van der Waals surface area contributed by atoms with E-state index in [1.807, 2.05) is 25.4 Å². The molecule has 0 atom stereocenters. The first-order valence-electron chi connectivity index (χ1n) is 4.62. The van der Waals surface area contributed by atoms with Crippen molar-refractivity contribution in [3.63, 3.8) is 0 Å². The second-order valence-electron chi connectivity index (χ2n) is 3.24. The Morgan fingerprint density at radius 1 is 1.33 bits per heavy atom. The molecule has 2 aromatic rings. The second kappa shape index (κ2) is 4.73. The predicted molar refractivity (Wildman–Crippen MR) is 68.6 cm³/mol. The van der Waals surface area contributed by atoms with E-state index in [-0.39, 0.29) is 0 Å². The van der Waals surface area contributed by atoms with Gasteiger partial charge in [0.1, 0.15) is 7.05 Å². The second-order valence-corrected chi connectivity index (χ2v) is 5.10. The van der Waals surface area contributed by atoms with Gasteiger partial charge in [0.25, 0.3) is 0 Å². The van der Waals surface area contributed by atoms with Crippen LogP contribution >= 0.6 is 27.3 Å². The summed E-state index contributed by atoms with van der Waals surface area (Å²) < 4.78 is 3.24. The normalized spacial score (nSPS) is 11.1. The van der Waals surface area contributed by atoms with Crippen molar-refractivity contribution in [2.75, 3.05) is 0 Å². The molecule has 0 radical (unpaired) electrons. The maximum absolute atomic E-state index is 3.44. The first kappa shape index (κ1) is 10.6. The molecule has 0 unspecified atom stereocenters. The summed E-state index contributed by atoms with van der Waals surface area (Å²) >= 11 is 5.18. The van der Waals surface area contributed by atoms with Crippen molar-refractivity contribution in [1.82, 2.24) is 0 Å². The molecule has 0 amide bonds. The molecular formula is C12H11BrNS+. The lowest BCUT2D eigenvalue weighted by atomic mass is 10.3. The van der Waals surface area contributed by atoms with Gasteiger partial charge in [-0.25, -0.2) is 4.57 Å². The number of hydrogen-bond acceptors (Lipinski definition) is 1. The molecule has 0 fully saturated rings. The van der Waals surface area contributed by atoms with Crippen molar-refractivity contribution in [3.05, 3.63) is 50.9 Å². The Labute approximate surface area is 102 Å². The highest BCUT2D eigenvalue weighted by Gasteiger charge is 1.99. The summed E-state index contributed by atoms with van der Waals surface area (Å²) in [5.41, 5.74) is 1.20. The molecule has 0 aliphatic heterocycles. The van der Waals surface area contributed by atoms with Gasteiger partial charge in [-0.1, -0.05) is 0 Å². The third-order valence-corrected chi connectivity index (χ3v) is 3.76. The van der Waals surface area contributed by atoms with Crippen molar-refractivity contribution in [2.24, 2.45) is 7.05 Å². The van der Waals surface area contributed by atoms with E-state index >= 15 is 0 Å². The molecule has 0 bridgehead atoms. The molecule has 1 nitrogen and oxygen atoms in total. The smallest absolute Gasteiger partial charge is 0.202 e. The Bertz CT molecular complexity index is 488. The minimum absolute atomic E-state index is 1.14. The minimum atomic E-state index is 1.14. The fraction of sp³-hybridized carbons (Fsp3) is 0.0833. The molecule has 0 aromatic carbocycles. The van der Waals surface area contributed by atoms with E-state index in [2.05, 4.69) is 50.2 Å². The SMILES string of the molecule is C[n+]1ccccc1/C=C/c1cc(Br)cs1. The summed E-state index contributed by atoms with van der Waals surface area (Å²) in [7, 11) is 2.05. The molecule has 2 rings (SSSR count). The lowest BCUT2D eigenvalue weighted by molar-refractivity contribution is -0.673. The Morgan fingerprint density at radius 2 is 2.20 bits per heavy atom. The summed E-state index contributed by atoms with van der Waals surface area (Å²) in [6, 6.07) is 8.28. The molecule has 2 aromatic heterocycles. The maximum atomic E-state index is 3.44. The van der Waals surface area contributed by atoms with Crippen LogP contribution in [0.5, 0.6) is 0 Å². The fourth-order valence-electron chi connectivity index (χ4n) is 1.29. The van der Waals surface area contributed by atoms with Crippen LogP contribution in [0.3, 0.4) is 0 Å². The van der Waals surface area contributed by atoms with Gasteiger partial charge in [-0.3, -0.25) is 0 Å². The zero-order valence-corrected chi connectivity index (χ0v) is 10.8. The quantitative estimate of drug-likeness (QED) is 0.742. The van der Waals surface area contributed by atoms with Crippen LogP contribution in [-0.4, -0.2) is 0 Å². The van der Waals surface area contributed by atoms with Crippen LogP contribution in [0.25, 0.3) is 12.2 Å². The molecular weight excluding hydrogens is 270 g/mol. The van der Waals surface area contributed by atoms with Gasteiger partial charge in [0.15, 0.2) is 6.20 Å². The summed E-state index contributed by atoms with van der Waals surface area (Å²) in [5, 5.41) is 2.09. The Morgan fingerprint density at radius 3 is 2.87 bits per heavy atom. The summed E-state index contributed by atoms with van der Waals surface area (Å²) in [6.07, 6.45) is 6.30. The highest BCUT2D eigenvalue weighted by Crippen LogP contribution is 2.21. The summed E-state index contributed by atoms with van der Waals surface area (Å²) in [5.74, 6) is 0. The van der Waals surface area contributed by atoms with Gasteiger partial charge in [-0.05, 0) is 34.1 Å². The first-order valence-corrected chi connectivity index (χ1v) is 6.30. The predicted octanol–water partition coefficient (Wildman–Crippen LogP) is 3.51. The van der Waals surface area contributed by atoms with E-state index in [9.17, 15) is 0 Å². The molecule has 0 aliphatic carbocycles. The molecule has 3 heteroatoms. The molecule has 2 heterocycles. The number of halogens is 1. The van der Waals surface area contributed by atoms with E-state index < -0.39 is 0 Å². The average molecular weight is 281 g/mol. The lowest BCUT2D eigenvalue weighted by Crippen LogP contribution is -2.30. The number of nitrogens with zero attached hydrogens (tertiary/aromatic N) is 1. The van der Waals surface area contributed by atoms with Gasteiger partial charge in [0, 0.05) is 32.9 Å². The highest BCUT2D eigenvalue weighted by atomic mass is 79.9. The largest absolute Gasteiger partial charge is 0.204 e. The Balaban J connectivity index is 2.22. The van der Waals surface area contributed by atoms with E-state index in [4.69, 9.17) is 0 Å². The van der Waals surface area contributed by atoms with E-state index in [0.717, 1.165) is 4.47 Å². The molecule has 15 heavy (non-hydrogen) atoms. The van der Waals surface area contributed by atoms with Crippen LogP contribution in [0, 0.1) is 0 Å². The van der Waals surface area contributed by atoms with Crippen molar-refractivity contribution >= 4 is 39.4 Å². The van der Waals surface area contributed by atoms with E-state index in [1.165, 1.54) is 10.6 Å². The highest BCUT2D eigenvalue weighted by molar-refractivity contribution is 9.10. The van der Waals surface area contributed by atoms with Gasteiger partial charge < -0.3 is 0 Å². The van der Waals surface area contributed by atoms with Gasteiger partial charge >= 0.3 is 0 Å². The van der Waals surface area contributed by atoms with E-state index in [0.29, 0.717) is 0 Å². The number of pyridine rings is 1. The maximum Gasteiger partial charge on any atom is 0.204 e. The van der Waals surface area contributed by atoms with Crippen LogP contribution in [0.15, 0.2) is 40.3 Å². The minimum Gasteiger partial charge on any atom is -0.202 e. The fourth-order valence-corrected chi connectivity index (χ4v) is 2.63. The zero-order chi connectivity index (χ0) is 10.7. The van der Waals surface area contributed by atoms with Crippen LogP contribution in [0.4, 0.5) is 0 Å². The first-order chi connectivity index (χ1) is 7.25. The van der Waals surface area contributed by atoms with Crippen LogP contribution in [0.2, 0.25) is 0 Å². The van der Waals surface area contributed by atoms with Crippen molar-refractivity contribution in [3.8, 4) is 0 Å². The number of aryl methyl sites for hydroxylation is 1. The molecule has 0 spiro atoms. The number of aromatic nitrogens is 1. The topological polar surface area (TPSA) is 3.88 Å².